The van der Waals surface area contributed by atoms with Crippen molar-refractivity contribution in [2.45, 2.75) is 6.92 Å². The topological polar surface area (TPSA) is 60.2 Å². The summed E-state index contributed by atoms with van der Waals surface area (Å²) in [5.74, 6) is 0.547. The number of aromatic nitrogens is 2. The van der Waals surface area contributed by atoms with Crippen LogP contribution in [0.15, 0.2) is 36.4 Å². The van der Waals surface area contributed by atoms with Crippen molar-refractivity contribution in [3.05, 3.63) is 51.5 Å². The molecule has 0 aliphatic carbocycles. The van der Waals surface area contributed by atoms with Crippen LogP contribution in [-0.2, 0) is 0 Å². The van der Waals surface area contributed by atoms with Gasteiger partial charge < -0.3 is 14.7 Å². The first-order valence-electron chi connectivity index (χ1n) is 6.12. The van der Waals surface area contributed by atoms with Gasteiger partial charge in [0.15, 0.2) is 0 Å². The Morgan fingerprint density at radius 3 is 2.55 bits per heavy atom. The Hall–Kier alpha value is -2.27. The molecule has 0 N–H and O–H groups in total. The van der Waals surface area contributed by atoms with Gasteiger partial charge in [-0.05, 0) is 25.1 Å². The molecule has 2 aromatic carbocycles. The summed E-state index contributed by atoms with van der Waals surface area (Å²) in [6.07, 6.45) is 0. The van der Waals surface area contributed by atoms with E-state index in [1.54, 1.807) is 24.3 Å². The van der Waals surface area contributed by atoms with Crippen molar-refractivity contribution in [1.29, 1.82) is 0 Å². The molecule has 20 heavy (non-hydrogen) atoms. The van der Waals surface area contributed by atoms with E-state index in [2.05, 4.69) is 0 Å². The fourth-order valence-corrected chi connectivity index (χ4v) is 2.35. The number of ether oxygens (including phenoxy) is 1. The van der Waals surface area contributed by atoms with Gasteiger partial charge in [-0.15, -0.1) is 0 Å². The average Bonchev–Trinajstić information content (AvgIpc) is 2.45. The van der Waals surface area contributed by atoms with Gasteiger partial charge in [0.1, 0.15) is 16.8 Å². The molecule has 0 fully saturated rings. The molecule has 3 aromatic rings. The number of nitrogens with zero attached hydrogens (tertiary/aromatic N) is 2. The van der Waals surface area contributed by atoms with Crippen LogP contribution in [0.2, 0.25) is 5.02 Å². The maximum absolute atomic E-state index is 12.4. The van der Waals surface area contributed by atoms with Crippen LogP contribution in [0.25, 0.3) is 22.1 Å². The van der Waals surface area contributed by atoms with Gasteiger partial charge in [-0.2, -0.15) is 0 Å². The highest BCUT2D eigenvalue weighted by molar-refractivity contribution is 6.31. The molecule has 1 heterocycles. The second-order valence-corrected chi connectivity index (χ2v) is 4.74. The van der Waals surface area contributed by atoms with Gasteiger partial charge in [-0.3, -0.25) is 0 Å². The van der Waals surface area contributed by atoms with Crippen LogP contribution in [0, 0.1) is 10.1 Å². The van der Waals surface area contributed by atoms with Crippen molar-refractivity contribution in [3.63, 3.8) is 0 Å². The van der Waals surface area contributed by atoms with Gasteiger partial charge in [0.05, 0.1) is 11.0 Å². The zero-order valence-corrected chi connectivity index (χ0v) is 11.4. The van der Waals surface area contributed by atoms with Crippen LogP contribution in [0.1, 0.15) is 6.92 Å². The quantitative estimate of drug-likeness (QED) is 0.538. The van der Waals surface area contributed by atoms with E-state index in [1.165, 1.54) is 12.1 Å². The van der Waals surface area contributed by atoms with Gasteiger partial charge >= 0.3 is 0 Å². The average molecular weight is 291 g/mol. The summed E-state index contributed by atoms with van der Waals surface area (Å²) in [7, 11) is 0. The van der Waals surface area contributed by atoms with E-state index in [0.29, 0.717) is 27.6 Å². The molecule has 0 spiro atoms. The molecule has 0 saturated heterocycles. The summed E-state index contributed by atoms with van der Waals surface area (Å²) in [5, 5.41) is 12.8. The van der Waals surface area contributed by atoms with Crippen LogP contribution in [-0.4, -0.2) is 11.3 Å². The van der Waals surface area contributed by atoms with Crippen molar-refractivity contribution in [3.8, 4) is 5.75 Å². The first-order chi connectivity index (χ1) is 9.61. The van der Waals surface area contributed by atoms with Crippen LogP contribution >= 0.6 is 11.6 Å². The number of hydrogen-bond acceptors (Lipinski definition) is 3. The third-order valence-electron chi connectivity index (χ3n) is 3.07. The molecule has 0 saturated carbocycles. The Kier molecular flexibility index (Phi) is 2.99. The maximum atomic E-state index is 12.4. The van der Waals surface area contributed by atoms with Crippen LogP contribution in [0.4, 0.5) is 0 Å². The number of rotatable bonds is 2. The third-order valence-corrected chi connectivity index (χ3v) is 3.31. The van der Waals surface area contributed by atoms with Gasteiger partial charge in [0.2, 0.25) is 0 Å². The molecule has 0 aliphatic rings. The fourth-order valence-electron chi connectivity index (χ4n) is 2.18. The van der Waals surface area contributed by atoms with E-state index in [4.69, 9.17) is 16.3 Å². The molecule has 3 rings (SSSR count). The maximum Gasteiger partial charge on any atom is 0.287 e. The van der Waals surface area contributed by atoms with Crippen molar-refractivity contribution < 1.29 is 9.16 Å². The molecule has 102 valence electrons. The molecular formula is C14H11ClN2O3. The Balaban J connectivity index is 2.46. The van der Waals surface area contributed by atoms with Crippen LogP contribution in [0.5, 0.6) is 5.75 Å². The lowest BCUT2D eigenvalue weighted by atomic mass is 10.2. The first-order valence-corrected chi connectivity index (χ1v) is 6.50. The molecule has 0 radical (unpaired) electrons. The SMILES string of the molecule is CCOc1ccc2c(c1)n([O-])c1cc(Cl)ccc1[n+]2=O. The standard InChI is InChI=1S/C14H11ClN2O3/c1-2-20-10-4-6-12-14(8-10)17(19)13-7-9(15)3-5-11(13)16(12)18/h3-8H,2H2,1H3. The summed E-state index contributed by atoms with van der Waals surface area (Å²) in [5.41, 5.74) is 1.05. The van der Waals surface area contributed by atoms with Crippen molar-refractivity contribution in [2.75, 3.05) is 6.61 Å². The second-order valence-electron chi connectivity index (χ2n) is 4.31. The lowest BCUT2D eigenvalue weighted by molar-refractivity contribution is -0.432. The normalized spacial score (nSPS) is 11.1. The van der Waals surface area contributed by atoms with Gasteiger partial charge in [-0.25, -0.2) is 0 Å². The van der Waals surface area contributed by atoms with Gasteiger partial charge in [0.25, 0.3) is 11.0 Å². The van der Waals surface area contributed by atoms with E-state index in [0.717, 1.165) is 4.43 Å². The van der Waals surface area contributed by atoms with Crippen molar-refractivity contribution >= 4 is 33.7 Å². The summed E-state index contributed by atoms with van der Waals surface area (Å²) in [4.78, 5) is 12.3. The molecule has 6 heteroatoms. The Labute approximate surface area is 119 Å². The third kappa shape index (κ3) is 1.87. The Bertz CT molecular complexity index is 874. The number of hydrogen-bond donors (Lipinski definition) is 0. The summed E-state index contributed by atoms with van der Waals surface area (Å²) >= 11 is 5.89. The minimum absolute atomic E-state index is 0.230. The van der Waals surface area contributed by atoms with E-state index in [1.807, 2.05) is 6.92 Å². The lowest BCUT2D eigenvalue weighted by Crippen LogP contribution is -2.19. The Morgan fingerprint density at radius 1 is 1.20 bits per heavy atom. The van der Waals surface area contributed by atoms with Crippen LogP contribution < -0.4 is 9.16 Å². The molecule has 0 unspecified atom stereocenters. The van der Waals surface area contributed by atoms with Crippen molar-refractivity contribution in [2.24, 2.45) is 0 Å². The summed E-state index contributed by atoms with van der Waals surface area (Å²) < 4.78 is 6.78. The van der Waals surface area contributed by atoms with E-state index < -0.39 is 0 Å². The van der Waals surface area contributed by atoms with Crippen molar-refractivity contribution in [1.82, 2.24) is 4.73 Å². The second kappa shape index (κ2) is 4.68. The fraction of sp³-hybridized carbons (Fsp3) is 0.143. The highest BCUT2D eigenvalue weighted by atomic mass is 35.5. The monoisotopic (exact) mass is 290 g/mol. The molecule has 0 amide bonds. The summed E-state index contributed by atoms with van der Waals surface area (Å²) in [6.45, 7) is 2.34. The zero-order valence-electron chi connectivity index (χ0n) is 10.7. The number of benzene rings is 2. The van der Waals surface area contributed by atoms with Gasteiger partial charge in [0, 0.05) is 28.1 Å². The predicted octanol–water partition coefficient (Wildman–Crippen LogP) is 3.11. The number of halogens is 1. The number of fused-ring (bicyclic) bond motifs is 2. The van der Waals surface area contributed by atoms with E-state index >= 15 is 0 Å². The molecule has 0 atom stereocenters. The minimum Gasteiger partial charge on any atom is -0.805 e. The Morgan fingerprint density at radius 2 is 1.85 bits per heavy atom. The lowest BCUT2D eigenvalue weighted by Gasteiger charge is -2.15. The molecule has 0 bridgehead atoms. The largest absolute Gasteiger partial charge is 0.805 e. The van der Waals surface area contributed by atoms with Gasteiger partial charge in [-0.1, -0.05) is 11.6 Å². The molecule has 1 aromatic heterocycles. The zero-order chi connectivity index (χ0) is 14.3. The predicted molar refractivity (Wildman–Crippen MR) is 77.8 cm³/mol. The molecule has 5 nitrogen and oxygen atoms in total. The summed E-state index contributed by atoms with van der Waals surface area (Å²) in [6, 6.07) is 9.40. The highest BCUT2D eigenvalue weighted by Crippen LogP contribution is 2.23. The smallest absolute Gasteiger partial charge is 0.287 e. The van der Waals surface area contributed by atoms with Crippen LogP contribution in [0.3, 0.4) is 0 Å². The highest BCUT2D eigenvalue weighted by Gasteiger charge is 2.16. The first kappa shape index (κ1) is 12.7. The minimum atomic E-state index is 0.230. The van der Waals surface area contributed by atoms with E-state index in [-0.39, 0.29) is 16.6 Å². The molecule has 0 aliphatic heterocycles. The van der Waals surface area contributed by atoms with E-state index in [9.17, 15) is 10.1 Å². The molecular weight excluding hydrogens is 280 g/mol.